The quantitative estimate of drug-likeness (QED) is 0.476. The molecule has 162 valence electrons. The van der Waals surface area contributed by atoms with Gasteiger partial charge in [-0.3, -0.25) is 4.79 Å². The highest BCUT2D eigenvalue weighted by atomic mass is 32.1. The number of aromatic nitrogens is 1. The van der Waals surface area contributed by atoms with Gasteiger partial charge in [-0.1, -0.05) is 11.3 Å². The van der Waals surface area contributed by atoms with Gasteiger partial charge in [0.1, 0.15) is 22.5 Å². The van der Waals surface area contributed by atoms with E-state index < -0.39 is 11.6 Å². The molecule has 1 unspecified atom stereocenters. The summed E-state index contributed by atoms with van der Waals surface area (Å²) in [5.74, 6) is -0.0346. The van der Waals surface area contributed by atoms with Gasteiger partial charge in [0.2, 0.25) is 5.78 Å². The Morgan fingerprint density at radius 3 is 2.77 bits per heavy atom. The molecule has 1 aromatic heterocycles. The Labute approximate surface area is 183 Å². The molecule has 2 aromatic carbocycles. The highest BCUT2D eigenvalue weighted by Gasteiger charge is 2.20. The maximum Gasteiger partial charge on any atom is 0.206 e. The van der Waals surface area contributed by atoms with Crippen LogP contribution >= 0.6 is 11.3 Å². The van der Waals surface area contributed by atoms with E-state index in [1.165, 1.54) is 19.2 Å². The van der Waals surface area contributed by atoms with Gasteiger partial charge in [-0.2, -0.15) is 0 Å². The number of halogens is 1. The zero-order valence-electron chi connectivity index (χ0n) is 17.0. The molecular weight excluding hydrogens is 419 g/mol. The Kier molecular flexibility index (Phi) is 6.34. The normalized spacial score (nSPS) is 16.0. The molecule has 1 aliphatic rings. The fraction of sp³-hybridized carbons (Fsp3) is 0.273. The van der Waals surface area contributed by atoms with Crippen molar-refractivity contribution in [2.24, 2.45) is 0 Å². The van der Waals surface area contributed by atoms with Gasteiger partial charge < -0.3 is 25.8 Å². The average Bonchev–Trinajstić information content (AvgIpc) is 3.15. The first-order valence-electron chi connectivity index (χ1n) is 9.92. The molecule has 1 saturated heterocycles. The van der Waals surface area contributed by atoms with Crippen molar-refractivity contribution >= 4 is 33.8 Å². The molecule has 0 aliphatic carbocycles. The standard InChI is InChI=1S/C22H23FN4O3S/c1-29-18-9-4-13(11-17(18)23)19(28)20-21(24)27-22(31-20)26-14-5-7-15(8-6-14)30-16-3-2-10-25-12-16/h4-9,11,16,25H,2-3,10,12,24H2,1H3,(H,26,27). The second-order valence-corrected chi connectivity index (χ2v) is 8.15. The summed E-state index contributed by atoms with van der Waals surface area (Å²) < 4.78 is 24.8. The van der Waals surface area contributed by atoms with Crippen molar-refractivity contribution < 1.29 is 18.7 Å². The highest BCUT2D eigenvalue weighted by molar-refractivity contribution is 7.18. The third-order valence-corrected chi connectivity index (χ3v) is 5.92. The van der Waals surface area contributed by atoms with Crippen molar-refractivity contribution in [2.45, 2.75) is 18.9 Å². The fourth-order valence-corrected chi connectivity index (χ4v) is 4.21. The van der Waals surface area contributed by atoms with Crippen molar-refractivity contribution in [2.75, 3.05) is 31.2 Å². The Bertz CT molecular complexity index is 1070. The van der Waals surface area contributed by atoms with Gasteiger partial charge in [0.05, 0.1) is 7.11 Å². The molecule has 1 aliphatic heterocycles. The Morgan fingerprint density at radius 2 is 2.10 bits per heavy atom. The van der Waals surface area contributed by atoms with Crippen LogP contribution in [0.3, 0.4) is 0 Å². The molecule has 0 spiro atoms. The number of thiazole rings is 1. The largest absolute Gasteiger partial charge is 0.494 e. The van der Waals surface area contributed by atoms with Gasteiger partial charge in [-0.25, -0.2) is 9.37 Å². The lowest BCUT2D eigenvalue weighted by Crippen LogP contribution is -2.37. The number of nitrogens with one attached hydrogen (secondary N) is 2. The Morgan fingerprint density at radius 1 is 1.29 bits per heavy atom. The third kappa shape index (κ3) is 4.95. The van der Waals surface area contributed by atoms with Crippen LogP contribution in [0.1, 0.15) is 28.1 Å². The van der Waals surface area contributed by atoms with E-state index in [4.69, 9.17) is 15.2 Å². The van der Waals surface area contributed by atoms with Crippen molar-refractivity contribution in [3.8, 4) is 11.5 Å². The molecule has 4 N–H and O–H groups in total. The lowest BCUT2D eigenvalue weighted by Gasteiger charge is -2.24. The van der Waals surface area contributed by atoms with Gasteiger partial charge in [-0.15, -0.1) is 0 Å². The topological polar surface area (TPSA) is 98.5 Å². The lowest BCUT2D eigenvalue weighted by atomic mass is 10.1. The minimum atomic E-state index is -0.610. The number of ether oxygens (including phenoxy) is 2. The second-order valence-electron chi connectivity index (χ2n) is 7.15. The van der Waals surface area contributed by atoms with Gasteiger partial charge in [0, 0.05) is 17.8 Å². The predicted molar refractivity (Wildman–Crippen MR) is 119 cm³/mol. The van der Waals surface area contributed by atoms with E-state index >= 15 is 0 Å². The molecule has 4 rings (SSSR count). The monoisotopic (exact) mass is 442 g/mol. The molecule has 1 atom stereocenters. The van der Waals surface area contributed by atoms with Gasteiger partial charge >= 0.3 is 0 Å². The molecule has 2 heterocycles. The van der Waals surface area contributed by atoms with Crippen molar-refractivity contribution in [1.82, 2.24) is 10.3 Å². The van der Waals surface area contributed by atoms with E-state index in [1.54, 1.807) is 0 Å². The van der Waals surface area contributed by atoms with Crippen molar-refractivity contribution in [1.29, 1.82) is 0 Å². The van der Waals surface area contributed by atoms with Gasteiger partial charge in [0.15, 0.2) is 16.7 Å². The molecule has 7 nitrogen and oxygen atoms in total. The van der Waals surface area contributed by atoms with Gasteiger partial charge in [-0.05, 0) is 61.9 Å². The number of benzene rings is 2. The number of hydrogen-bond donors (Lipinski definition) is 3. The number of hydrogen-bond acceptors (Lipinski definition) is 8. The van der Waals surface area contributed by atoms with Crippen LogP contribution in [0.25, 0.3) is 0 Å². The average molecular weight is 443 g/mol. The number of nitrogens with two attached hydrogens (primary N) is 1. The third-order valence-electron chi connectivity index (χ3n) is 4.93. The Balaban J connectivity index is 1.43. The number of carbonyl (C=O) groups is 1. The summed E-state index contributed by atoms with van der Waals surface area (Å²) in [4.78, 5) is 17.2. The zero-order chi connectivity index (χ0) is 21.8. The van der Waals surface area contributed by atoms with Crippen LogP contribution in [-0.4, -0.2) is 37.1 Å². The molecule has 0 amide bonds. The summed E-state index contributed by atoms with van der Waals surface area (Å²) in [5, 5.41) is 6.94. The van der Waals surface area contributed by atoms with Crippen LogP contribution in [0.2, 0.25) is 0 Å². The van der Waals surface area contributed by atoms with Gasteiger partial charge in [0.25, 0.3) is 0 Å². The minimum absolute atomic E-state index is 0.0726. The first-order chi connectivity index (χ1) is 15.0. The summed E-state index contributed by atoms with van der Waals surface area (Å²) >= 11 is 1.12. The van der Waals surface area contributed by atoms with E-state index in [1.807, 2.05) is 24.3 Å². The van der Waals surface area contributed by atoms with Crippen molar-refractivity contribution in [3.63, 3.8) is 0 Å². The van der Waals surface area contributed by atoms with E-state index in [0.29, 0.717) is 5.13 Å². The number of methoxy groups -OCH3 is 1. The number of anilines is 3. The molecule has 0 bridgehead atoms. The summed E-state index contributed by atoms with van der Waals surface area (Å²) in [5.41, 5.74) is 6.92. The molecule has 1 fully saturated rings. The van der Waals surface area contributed by atoms with Crippen molar-refractivity contribution in [3.05, 3.63) is 58.7 Å². The zero-order valence-corrected chi connectivity index (χ0v) is 17.8. The van der Waals surface area contributed by atoms with Crippen LogP contribution in [-0.2, 0) is 0 Å². The maximum atomic E-state index is 14.0. The van der Waals surface area contributed by atoms with Crippen LogP contribution in [0.5, 0.6) is 11.5 Å². The first-order valence-corrected chi connectivity index (χ1v) is 10.7. The molecule has 0 radical (unpaired) electrons. The second kappa shape index (κ2) is 9.32. The SMILES string of the molecule is COc1ccc(C(=O)c2sc(Nc3ccc(OC4CCCNC4)cc3)nc2N)cc1F. The number of carbonyl (C=O) groups excluding carboxylic acids is 1. The number of ketones is 1. The predicted octanol–water partition coefficient (Wildman–Crippen LogP) is 3.98. The summed E-state index contributed by atoms with van der Waals surface area (Å²) in [6.45, 7) is 1.89. The summed E-state index contributed by atoms with van der Waals surface area (Å²) in [7, 11) is 1.37. The van der Waals surface area contributed by atoms with Crippen LogP contribution in [0, 0.1) is 5.82 Å². The fourth-order valence-electron chi connectivity index (χ4n) is 3.34. The maximum absolute atomic E-state index is 14.0. The highest BCUT2D eigenvalue weighted by Crippen LogP contribution is 2.31. The van der Waals surface area contributed by atoms with E-state index in [2.05, 4.69) is 15.6 Å². The van der Waals surface area contributed by atoms with E-state index in [-0.39, 0.29) is 28.1 Å². The first kappa shape index (κ1) is 21.1. The van der Waals surface area contributed by atoms with Crippen LogP contribution in [0.15, 0.2) is 42.5 Å². The van der Waals surface area contributed by atoms with E-state index in [9.17, 15) is 9.18 Å². The summed E-state index contributed by atoms with van der Waals surface area (Å²) in [6, 6.07) is 11.6. The number of piperidine rings is 1. The lowest BCUT2D eigenvalue weighted by molar-refractivity contribution is 0.104. The Hall–Kier alpha value is -3.17. The number of rotatable bonds is 7. The molecule has 31 heavy (non-hydrogen) atoms. The summed E-state index contributed by atoms with van der Waals surface area (Å²) in [6.07, 6.45) is 2.34. The molecular formula is C22H23FN4O3S. The smallest absolute Gasteiger partial charge is 0.206 e. The molecule has 0 saturated carbocycles. The minimum Gasteiger partial charge on any atom is -0.494 e. The number of nitrogens with zero attached hydrogens (tertiary/aromatic N) is 1. The van der Waals surface area contributed by atoms with E-state index in [0.717, 1.165) is 54.8 Å². The van der Waals surface area contributed by atoms with Crippen LogP contribution in [0.4, 0.5) is 21.0 Å². The molecule has 9 heteroatoms. The van der Waals surface area contributed by atoms with Crippen LogP contribution < -0.4 is 25.8 Å². The number of nitrogen functional groups attached to an aromatic ring is 1. The molecule has 3 aromatic rings.